The molecule has 0 aliphatic rings. The van der Waals surface area contributed by atoms with Crippen LogP contribution in [0.4, 0.5) is 0 Å². The van der Waals surface area contributed by atoms with Gasteiger partial charge in [0.2, 0.25) is 0 Å². The molecule has 0 aliphatic carbocycles. The zero-order valence-corrected chi connectivity index (χ0v) is 11.1. The van der Waals surface area contributed by atoms with Gasteiger partial charge in [0, 0.05) is 13.1 Å². The van der Waals surface area contributed by atoms with Crippen LogP contribution in [0, 0.1) is 0 Å². The molecule has 0 fully saturated rings. The van der Waals surface area contributed by atoms with Crippen LogP contribution in [0.15, 0.2) is 0 Å². The molecule has 0 aromatic heterocycles. The van der Waals surface area contributed by atoms with Crippen LogP contribution in [0.3, 0.4) is 0 Å². The SMILES string of the molecule is O.O=C(O)CN(CCN(CC(=O)O)CC(=O)O)CC(=O)O.[KH].[KH].[KH]. The fraction of sp³-hybridized carbons (Fsp3) is 0.600. The van der Waals surface area contributed by atoms with E-state index in [0.717, 1.165) is 9.80 Å². The summed E-state index contributed by atoms with van der Waals surface area (Å²) in [6, 6.07) is 0. The zero-order chi connectivity index (χ0) is 15.7. The molecule has 0 aromatic carbocycles. The zero-order valence-electron chi connectivity index (χ0n) is 11.1. The van der Waals surface area contributed by atoms with E-state index in [1.807, 2.05) is 0 Å². The minimum atomic E-state index is -1.23. The van der Waals surface area contributed by atoms with Crippen molar-refractivity contribution in [3.8, 4) is 0 Å². The topological polar surface area (TPSA) is 187 Å². The molecule has 0 aromatic rings. The number of rotatable bonds is 11. The van der Waals surface area contributed by atoms with Gasteiger partial charge in [0.05, 0.1) is 26.2 Å². The summed E-state index contributed by atoms with van der Waals surface area (Å²) < 4.78 is 0. The molecule has 128 valence electrons. The van der Waals surface area contributed by atoms with Crippen molar-refractivity contribution in [3.63, 3.8) is 0 Å². The number of carboxylic acid groups (broad SMARTS) is 4. The molecule has 6 N–H and O–H groups in total. The van der Waals surface area contributed by atoms with Gasteiger partial charge in [0.25, 0.3) is 0 Å². The minimum absolute atomic E-state index is 0. The van der Waals surface area contributed by atoms with Crippen molar-refractivity contribution >= 4 is 178 Å². The van der Waals surface area contributed by atoms with Gasteiger partial charge in [0.1, 0.15) is 0 Å². The van der Waals surface area contributed by atoms with Crippen LogP contribution in [0.25, 0.3) is 0 Å². The van der Waals surface area contributed by atoms with Gasteiger partial charge in [-0.05, 0) is 0 Å². The quantitative estimate of drug-likeness (QED) is 0.231. The number of nitrogens with zero attached hydrogens (tertiary/aromatic N) is 2. The number of carbonyl (C=O) groups is 4. The Morgan fingerprint density at radius 3 is 0.833 bits per heavy atom. The Morgan fingerprint density at radius 1 is 0.542 bits per heavy atom. The van der Waals surface area contributed by atoms with E-state index in [4.69, 9.17) is 20.4 Å². The van der Waals surface area contributed by atoms with Gasteiger partial charge in [0.15, 0.2) is 0 Å². The van der Waals surface area contributed by atoms with Gasteiger partial charge in [-0.25, -0.2) is 0 Å². The van der Waals surface area contributed by atoms with Crippen molar-refractivity contribution in [1.82, 2.24) is 9.80 Å². The molecule has 0 atom stereocenters. The summed E-state index contributed by atoms with van der Waals surface area (Å²) >= 11 is 0. The van der Waals surface area contributed by atoms with Crippen molar-refractivity contribution in [2.75, 3.05) is 39.3 Å². The molecule has 14 heteroatoms. The molecule has 0 amide bonds. The third-order valence-electron chi connectivity index (χ3n) is 2.17. The van der Waals surface area contributed by atoms with Gasteiger partial charge >= 0.3 is 178 Å². The van der Waals surface area contributed by atoms with Gasteiger partial charge in [-0.2, -0.15) is 0 Å². The number of carboxylic acids is 4. The third-order valence-corrected chi connectivity index (χ3v) is 2.17. The van der Waals surface area contributed by atoms with Crippen molar-refractivity contribution in [1.29, 1.82) is 0 Å². The Kier molecular flexibility index (Phi) is 34.2. The van der Waals surface area contributed by atoms with E-state index >= 15 is 0 Å². The van der Waals surface area contributed by atoms with Gasteiger partial charge in [-0.15, -0.1) is 0 Å². The van der Waals surface area contributed by atoms with E-state index in [2.05, 4.69) is 0 Å². The summed E-state index contributed by atoms with van der Waals surface area (Å²) in [6.45, 7) is -2.25. The van der Waals surface area contributed by atoms with Crippen molar-refractivity contribution in [3.05, 3.63) is 0 Å². The molecule has 0 rings (SSSR count). The Morgan fingerprint density at radius 2 is 0.708 bits per heavy atom. The van der Waals surface area contributed by atoms with E-state index in [1.54, 1.807) is 0 Å². The van der Waals surface area contributed by atoms with E-state index in [-0.39, 0.29) is 173 Å². The fourth-order valence-corrected chi connectivity index (χ4v) is 1.48. The van der Waals surface area contributed by atoms with E-state index in [1.165, 1.54) is 0 Å². The Labute approximate surface area is 266 Å². The predicted molar refractivity (Wildman–Crippen MR) is 88.5 cm³/mol. The molecule has 0 saturated carbocycles. The first kappa shape index (κ1) is 37.4. The summed E-state index contributed by atoms with van der Waals surface area (Å²) in [7, 11) is 0. The van der Waals surface area contributed by atoms with Crippen molar-refractivity contribution in [2.24, 2.45) is 0 Å². The molecule has 0 spiro atoms. The number of hydrogen-bond acceptors (Lipinski definition) is 6. The molecule has 0 bridgehead atoms. The normalized spacial score (nSPS) is 8.92. The molecule has 0 saturated heterocycles. The molecule has 0 radical (unpaired) electrons. The van der Waals surface area contributed by atoms with E-state index < -0.39 is 50.1 Å². The molecule has 0 aliphatic heterocycles. The Bertz CT molecular complexity index is 330. The molecule has 24 heavy (non-hydrogen) atoms. The molecule has 11 nitrogen and oxygen atoms in total. The van der Waals surface area contributed by atoms with Gasteiger partial charge in [-0.1, -0.05) is 0 Å². The summed E-state index contributed by atoms with van der Waals surface area (Å²) in [6.07, 6.45) is 0. The maximum absolute atomic E-state index is 10.6. The first-order valence-electron chi connectivity index (χ1n) is 5.52. The predicted octanol–water partition coefficient (Wildman–Crippen LogP) is -4.84. The summed E-state index contributed by atoms with van der Waals surface area (Å²) in [4.78, 5) is 44.4. The van der Waals surface area contributed by atoms with Crippen molar-refractivity contribution < 1.29 is 45.1 Å². The Hall–Kier alpha value is 2.67. The number of aliphatic carboxylic acids is 4. The second-order valence-corrected chi connectivity index (χ2v) is 4.00. The van der Waals surface area contributed by atoms with Gasteiger partial charge < -0.3 is 25.9 Å². The van der Waals surface area contributed by atoms with E-state index in [0.29, 0.717) is 0 Å². The van der Waals surface area contributed by atoms with Crippen LogP contribution < -0.4 is 0 Å². The molecule has 0 heterocycles. The van der Waals surface area contributed by atoms with Gasteiger partial charge in [-0.3, -0.25) is 29.0 Å². The third kappa shape index (κ3) is 24.7. The van der Waals surface area contributed by atoms with Crippen molar-refractivity contribution in [2.45, 2.75) is 0 Å². The van der Waals surface area contributed by atoms with Crippen LogP contribution in [0.5, 0.6) is 0 Å². The average molecular weight is 431 g/mol. The Balaban J connectivity index is -0.000000301. The second kappa shape index (κ2) is 22.0. The van der Waals surface area contributed by atoms with Crippen LogP contribution in [0.1, 0.15) is 0 Å². The monoisotopic (exact) mass is 430 g/mol. The molecule has 0 unspecified atom stereocenters. The summed E-state index contributed by atoms with van der Waals surface area (Å²) in [5.74, 6) is -4.91. The summed E-state index contributed by atoms with van der Waals surface area (Å²) in [5.41, 5.74) is 0. The molecular weight excluding hydrogens is 409 g/mol. The van der Waals surface area contributed by atoms with Crippen LogP contribution in [-0.4, -0.2) is 253 Å². The second-order valence-electron chi connectivity index (χ2n) is 4.00. The summed E-state index contributed by atoms with van der Waals surface area (Å²) in [5, 5.41) is 34.5. The maximum atomic E-state index is 10.6. The standard InChI is InChI=1S/C10H16N2O8.3K.H2O.3H/c13-7(14)3-11(4-8(15)16)1-2-12(5-9(17)18)6-10(19)20;;;;;;;/h1-6H2,(H,13,14)(H,15,16)(H,17,18)(H,19,20);;;;1H2;;;. The first-order chi connectivity index (χ1) is 9.20. The van der Waals surface area contributed by atoms with Crippen LogP contribution >= 0.6 is 0 Å². The average Bonchev–Trinajstić information content (AvgIpc) is 2.22. The molecular formula is C10H21K3N2O9. The number of hydrogen-bond donors (Lipinski definition) is 4. The van der Waals surface area contributed by atoms with Crippen LogP contribution in [-0.2, 0) is 19.2 Å². The fourth-order valence-electron chi connectivity index (χ4n) is 1.48. The van der Waals surface area contributed by atoms with E-state index in [9.17, 15) is 19.2 Å². The first-order valence-corrected chi connectivity index (χ1v) is 5.52. The van der Waals surface area contributed by atoms with Crippen LogP contribution in [0.2, 0.25) is 0 Å².